The molecule has 0 bridgehead atoms. The van der Waals surface area contributed by atoms with Crippen molar-refractivity contribution in [2.75, 3.05) is 28.6 Å². The molecule has 0 saturated carbocycles. The fourth-order valence-electron chi connectivity index (χ4n) is 4.82. The summed E-state index contributed by atoms with van der Waals surface area (Å²) < 4.78 is 10.6. The van der Waals surface area contributed by atoms with Crippen molar-refractivity contribution in [3.8, 4) is 5.75 Å². The lowest BCUT2D eigenvalue weighted by molar-refractivity contribution is -0.183. The normalized spacial score (nSPS) is 11.6. The maximum Gasteiger partial charge on any atom is 0.323 e. The fraction of sp³-hybridized carbons (Fsp3) is 0.400. The van der Waals surface area contributed by atoms with Gasteiger partial charge in [0.25, 0.3) is 0 Å². The minimum Gasteiger partial charge on any atom is -0.425 e. The Balaban J connectivity index is 1.64. The lowest BCUT2D eigenvalue weighted by Gasteiger charge is -2.30. The Morgan fingerprint density at radius 3 is 2.00 bits per heavy atom. The van der Waals surface area contributed by atoms with Gasteiger partial charge in [0.15, 0.2) is 0 Å². The first-order valence-electron chi connectivity index (χ1n) is 15.5. The average molecular weight is 635 g/mol. The van der Waals surface area contributed by atoms with E-state index in [4.69, 9.17) is 19.5 Å². The number of nitrogens with zero attached hydrogens (tertiary/aromatic N) is 1. The van der Waals surface area contributed by atoms with Crippen LogP contribution in [0.25, 0.3) is 0 Å². The van der Waals surface area contributed by atoms with Crippen LogP contribution < -0.4 is 26.0 Å². The molecule has 0 heterocycles. The van der Waals surface area contributed by atoms with E-state index in [0.29, 0.717) is 40.9 Å². The van der Waals surface area contributed by atoms with Crippen LogP contribution in [0.1, 0.15) is 57.7 Å². The monoisotopic (exact) mass is 634 g/mol. The quantitative estimate of drug-likeness (QED) is 0.0776. The van der Waals surface area contributed by atoms with Crippen LogP contribution in [0.3, 0.4) is 0 Å². The molecule has 0 aromatic heterocycles. The summed E-state index contributed by atoms with van der Waals surface area (Å²) in [6, 6.07) is 19.5. The van der Waals surface area contributed by atoms with E-state index in [1.807, 2.05) is 49.4 Å². The van der Waals surface area contributed by atoms with Gasteiger partial charge in [0.2, 0.25) is 6.29 Å². The predicted octanol–water partition coefficient (Wildman–Crippen LogP) is 6.64. The van der Waals surface area contributed by atoms with Crippen LogP contribution in [0, 0.1) is 18.8 Å². The van der Waals surface area contributed by atoms with E-state index >= 15 is 0 Å². The summed E-state index contributed by atoms with van der Waals surface area (Å²) in [5.41, 5.74) is 6.42. The second-order valence-corrected chi connectivity index (χ2v) is 12.1. The van der Waals surface area contributed by atoms with E-state index in [0.717, 1.165) is 29.9 Å². The van der Waals surface area contributed by atoms with Gasteiger partial charge in [-0.3, -0.25) is 14.8 Å². The SMILES string of the molecule is Cc1ccc(NC(=O)Nc2cc(CCC(=O)OC(C)OC(=O)Cc3ccc(ONO)cc3)ccc2N(CC(C)C)CC(C)C)cc1. The third kappa shape index (κ3) is 12.4. The average Bonchev–Trinajstić information content (AvgIpc) is 2.97. The molecule has 0 aliphatic rings. The molecule has 1 atom stereocenters. The first-order chi connectivity index (χ1) is 21.9. The van der Waals surface area contributed by atoms with Crippen LogP contribution in [-0.2, 0) is 31.9 Å². The Bertz CT molecular complexity index is 1420. The number of anilines is 3. The molecule has 11 nitrogen and oxygen atoms in total. The van der Waals surface area contributed by atoms with Crippen LogP contribution in [0.15, 0.2) is 66.7 Å². The first kappa shape index (κ1) is 35.9. The summed E-state index contributed by atoms with van der Waals surface area (Å²) in [5, 5.41) is 14.5. The van der Waals surface area contributed by atoms with Gasteiger partial charge in [0.1, 0.15) is 5.75 Å². The predicted molar refractivity (Wildman–Crippen MR) is 178 cm³/mol. The van der Waals surface area contributed by atoms with Gasteiger partial charge in [-0.05, 0) is 78.3 Å². The minimum atomic E-state index is -1.06. The number of nitrogens with one attached hydrogen (secondary N) is 3. The molecule has 1 unspecified atom stereocenters. The highest BCUT2D eigenvalue weighted by Gasteiger charge is 2.19. The molecule has 0 radical (unpaired) electrons. The molecule has 46 heavy (non-hydrogen) atoms. The standard InChI is InChI=1S/C35H46N4O7/c1-23(2)21-39(22-24(3)4)32-17-11-27(19-31(32)37-35(42)36-29-13-7-25(5)8-14-29)12-18-33(40)44-26(6)45-34(41)20-28-9-15-30(16-10-28)46-38-43/h7-11,13-17,19,23-24,26,38,43H,12,18,20-22H2,1-6H3,(H2,36,37,42). The molecule has 3 aromatic rings. The Labute approximate surface area is 271 Å². The molecule has 0 aliphatic carbocycles. The number of carbonyl (C=O) groups is 3. The molecule has 0 spiro atoms. The summed E-state index contributed by atoms with van der Waals surface area (Å²) in [5.74, 6) is 0.103. The topological polar surface area (TPSA) is 138 Å². The van der Waals surface area contributed by atoms with Gasteiger partial charge < -0.3 is 29.8 Å². The van der Waals surface area contributed by atoms with Crippen LogP contribution in [-0.4, -0.2) is 42.6 Å². The number of carbonyl (C=O) groups excluding carboxylic acids is 3. The molecule has 0 saturated heterocycles. The van der Waals surface area contributed by atoms with Gasteiger partial charge >= 0.3 is 18.0 Å². The van der Waals surface area contributed by atoms with Crippen molar-refractivity contribution in [3.63, 3.8) is 0 Å². The maximum absolute atomic E-state index is 13.1. The number of aryl methyl sites for hydroxylation is 2. The molecule has 2 amide bonds. The van der Waals surface area contributed by atoms with Gasteiger partial charge in [0, 0.05) is 32.1 Å². The number of rotatable bonds is 16. The molecule has 0 aliphatic heterocycles. The summed E-state index contributed by atoms with van der Waals surface area (Å²) in [7, 11) is 0. The Morgan fingerprint density at radius 1 is 0.783 bits per heavy atom. The summed E-state index contributed by atoms with van der Waals surface area (Å²) >= 11 is 0. The largest absolute Gasteiger partial charge is 0.425 e. The van der Waals surface area contributed by atoms with Crippen molar-refractivity contribution in [1.29, 1.82) is 0 Å². The third-order valence-corrected chi connectivity index (χ3v) is 6.78. The minimum absolute atomic E-state index is 0.0288. The molecule has 0 fully saturated rings. The third-order valence-electron chi connectivity index (χ3n) is 6.78. The van der Waals surface area contributed by atoms with Crippen molar-refractivity contribution < 1.29 is 33.9 Å². The molecular weight excluding hydrogens is 588 g/mol. The van der Waals surface area contributed by atoms with Gasteiger partial charge in [-0.25, -0.2) is 4.79 Å². The fourth-order valence-corrected chi connectivity index (χ4v) is 4.82. The van der Waals surface area contributed by atoms with E-state index < -0.39 is 18.2 Å². The van der Waals surface area contributed by atoms with Crippen molar-refractivity contribution in [3.05, 3.63) is 83.4 Å². The Morgan fingerprint density at radius 2 is 1.39 bits per heavy atom. The maximum atomic E-state index is 13.1. The van der Waals surface area contributed by atoms with Crippen molar-refractivity contribution in [1.82, 2.24) is 5.64 Å². The molecular formula is C35H46N4O7. The highest BCUT2D eigenvalue weighted by atomic mass is 16.8. The van der Waals surface area contributed by atoms with Crippen molar-refractivity contribution in [2.45, 2.75) is 67.1 Å². The highest BCUT2D eigenvalue weighted by Crippen LogP contribution is 2.30. The van der Waals surface area contributed by atoms with E-state index in [2.05, 4.69) is 43.2 Å². The van der Waals surface area contributed by atoms with E-state index in [1.54, 1.807) is 29.9 Å². The summed E-state index contributed by atoms with van der Waals surface area (Å²) in [4.78, 5) is 45.0. The lowest BCUT2D eigenvalue weighted by Crippen LogP contribution is -2.32. The molecule has 11 heteroatoms. The number of ether oxygens (including phenoxy) is 2. The Hall–Kier alpha value is -4.61. The zero-order chi connectivity index (χ0) is 33.6. The second kappa shape index (κ2) is 17.8. The van der Waals surface area contributed by atoms with Crippen molar-refractivity contribution in [2.24, 2.45) is 11.8 Å². The van der Waals surface area contributed by atoms with Crippen LogP contribution in [0.2, 0.25) is 0 Å². The van der Waals surface area contributed by atoms with Crippen LogP contribution >= 0.6 is 0 Å². The lowest BCUT2D eigenvalue weighted by atomic mass is 10.1. The highest BCUT2D eigenvalue weighted by molar-refractivity contribution is 6.02. The smallest absolute Gasteiger partial charge is 0.323 e. The molecule has 248 valence electrons. The van der Waals surface area contributed by atoms with Crippen LogP contribution in [0.5, 0.6) is 5.75 Å². The zero-order valence-corrected chi connectivity index (χ0v) is 27.5. The second-order valence-electron chi connectivity index (χ2n) is 12.1. The van der Waals surface area contributed by atoms with E-state index in [9.17, 15) is 14.4 Å². The van der Waals surface area contributed by atoms with Gasteiger partial charge in [-0.1, -0.05) is 63.6 Å². The Kier molecular flexibility index (Phi) is 13.9. The molecule has 3 rings (SSSR count). The number of urea groups is 1. The van der Waals surface area contributed by atoms with Gasteiger partial charge in [-0.2, -0.15) is 0 Å². The molecule has 4 N–H and O–H groups in total. The van der Waals surface area contributed by atoms with Gasteiger partial charge in [-0.15, -0.1) is 0 Å². The number of benzene rings is 3. The first-order valence-corrected chi connectivity index (χ1v) is 15.5. The van der Waals surface area contributed by atoms with Gasteiger partial charge in [0.05, 0.1) is 17.8 Å². The van der Waals surface area contributed by atoms with Crippen molar-refractivity contribution >= 4 is 35.0 Å². The summed E-state index contributed by atoms with van der Waals surface area (Å²) in [6.45, 7) is 13.7. The number of hydrogen-bond donors (Lipinski definition) is 4. The van der Waals surface area contributed by atoms with E-state index in [1.165, 1.54) is 6.92 Å². The van der Waals surface area contributed by atoms with Crippen LogP contribution in [0.4, 0.5) is 21.9 Å². The number of amides is 2. The zero-order valence-electron chi connectivity index (χ0n) is 27.5. The summed E-state index contributed by atoms with van der Waals surface area (Å²) in [6.07, 6.45) is -0.677. The van der Waals surface area contributed by atoms with E-state index in [-0.39, 0.29) is 18.9 Å². The number of esters is 2. The molecule has 3 aromatic carbocycles. The number of hydrogen-bond acceptors (Lipinski definition) is 9.